The highest BCUT2D eigenvalue weighted by Gasteiger charge is 2.06. The molecule has 2 aromatic carbocycles. The van der Waals surface area contributed by atoms with Crippen molar-refractivity contribution in [3.05, 3.63) is 64.7 Å². The number of nitrogens with two attached hydrogens (primary N) is 1. The first-order chi connectivity index (χ1) is 9.47. The summed E-state index contributed by atoms with van der Waals surface area (Å²) in [4.78, 5) is 2.22. The number of nitrogens with one attached hydrogen (secondary N) is 1. The molecule has 3 N–H and O–H groups in total. The van der Waals surface area contributed by atoms with Crippen LogP contribution < -0.4 is 10.6 Å². The van der Waals surface area contributed by atoms with E-state index in [4.69, 9.17) is 11.1 Å². The molecule has 0 heterocycles. The van der Waals surface area contributed by atoms with Crippen molar-refractivity contribution in [2.45, 2.75) is 20.4 Å². The third kappa shape index (κ3) is 3.18. The summed E-state index contributed by atoms with van der Waals surface area (Å²) >= 11 is 0. The van der Waals surface area contributed by atoms with Gasteiger partial charge in [-0.2, -0.15) is 0 Å². The predicted octanol–water partition coefficient (Wildman–Crippen LogP) is 3.22. The van der Waals surface area contributed by atoms with E-state index >= 15 is 0 Å². The smallest absolute Gasteiger partial charge is 0.122 e. The lowest BCUT2D eigenvalue weighted by atomic mass is 10.0. The van der Waals surface area contributed by atoms with Gasteiger partial charge in [-0.05, 0) is 48.7 Å². The summed E-state index contributed by atoms with van der Waals surface area (Å²) in [7, 11) is 2.09. The molecule has 0 unspecified atom stereocenters. The van der Waals surface area contributed by atoms with Crippen LogP contribution >= 0.6 is 0 Å². The van der Waals surface area contributed by atoms with Crippen molar-refractivity contribution in [1.82, 2.24) is 0 Å². The fourth-order valence-electron chi connectivity index (χ4n) is 2.25. The van der Waals surface area contributed by atoms with Crippen LogP contribution in [0.3, 0.4) is 0 Å². The lowest BCUT2D eigenvalue weighted by Gasteiger charge is -2.21. The SMILES string of the molecule is Cc1cccc(N(C)Cc2ccc(C(=N)N)cc2C)c1. The monoisotopic (exact) mass is 267 g/mol. The van der Waals surface area contributed by atoms with E-state index in [2.05, 4.69) is 56.1 Å². The number of anilines is 1. The largest absolute Gasteiger partial charge is 0.384 e. The van der Waals surface area contributed by atoms with Crippen LogP contribution in [0.1, 0.15) is 22.3 Å². The summed E-state index contributed by atoms with van der Waals surface area (Å²) in [6, 6.07) is 14.4. The van der Waals surface area contributed by atoms with Gasteiger partial charge in [-0.3, -0.25) is 5.41 Å². The Kier molecular flexibility index (Phi) is 4.08. The first-order valence-corrected chi connectivity index (χ1v) is 6.69. The highest BCUT2D eigenvalue weighted by Crippen LogP contribution is 2.19. The number of aryl methyl sites for hydroxylation is 2. The molecular formula is C17H21N3. The average Bonchev–Trinajstić information content (AvgIpc) is 2.40. The molecule has 0 atom stereocenters. The summed E-state index contributed by atoms with van der Waals surface area (Å²) in [5.74, 6) is 0.117. The zero-order valence-electron chi connectivity index (χ0n) is 12.3. The van der Waals surface area contributed by atoms with Gasteiger partial charge in [0, 0.05) is 24.8 Å². The molecule has 0 aliphatic carbocycles. The van der Waals surface area contributed by atoms with Gasteiger partial charge < -0.3 is 10.6 Å². The summed E-state index contributed by atoms with van der Waals surface area (Å²) in [6.07, 6.45) is 0. The Hall–Kier alpha value is -2.29. The maximum absolute atomic E-state index is 7.47. The van der Waals surface area contributed by atoms with Gasteiger partial charge in [-0.25, -0.2) is 0 Å². The van der Waals surface area contributed by atoms with E-state index in [0.29, 0.717) is 0 Å². The number of benzene rings is 2. The van der Waals surface area contributed by atoms with E-state index in [1.807, 2.05) is 12.1 Å². The summed E-state index contributed by atoms with van der Waals surface area (Å²) in [5.41, 5.74) is 11.2. The minimum atomic E-state index is 0.117. The maximum atomic E-state index is 7.47. The number of rotatable bonds is 4. The first kappa shape index (κ1) is 14.1. The van der Waals surface area contributed by atoms with E-state index < -0.39 is 0 Å². The molecule has 0 bridgehead atoms. The van der Waals surface area contributed by atoms with Gasteiger partial charge in [-0.15, -0.1) is 0 Å². The normalized spacial score (nSPS) is 10.3. The Balaban J connectivity index is 2.19. The van der Waals surface area contributed by atoms with Gasteiger partial charge >= 0.3 is 0 Å². The summed E-state index contributed by atoms with van der Waals surface area (Å²) < 4.78 is 0. The highest BCUT2D eigenvalue weighted by molar-refractivity contribution is 5.95. The second-order valence-electron chi connectivity index (χ2n) is 5.25. The van der Waals surface area contributed by atoms with Crippen LogP contribution in [-0.2, 0) is 6.54 Å². The van der Waals surface area contributed by atoms with Crippen LogP contribution in [0.25, 0.3) is 0 Å². The van der Waals surface area contributed by atoms with Gasteiger partial charge in [0.2, 0.25) is 0 Å². The lowest BCUT2D eigenvalue weighted by molar-refractivity contribution is 0.913. The van der Waals surface area contributed by atoms with Crippen LogP contribution in [0.5, 0.6) is 0 Å². The maximum Gasteiger partial charge on any atom is 0.122 e. The molecule has 0 radical (unpaired) electrons. The molecule has 0 fully saturated rings. The summed E-state index contributed by atoms with van der Waals surface area (Å²) in [5, 5.41) is 7.47. The van der Waals surface area contributed by atoms with Gasteiger partial charge in [0.05, 0.1) is 0 Å². The van der Waals surface area contributed by atoms with Crippen molar-refractivity contribution in [3.63, 3.8) is 0 Å². The molecule has 2 aromatic rings. The number of amidine groups is 1. The Morgan fingerprint density at radius 3 is 2.50 bits per heavy atom. The molecule has 0 spiro atoms. The number of nitrogen functional groups attached to an aromatic ring is 1. The fraction of sp³-hybridized carbons (Fsp3) is 0.235. The predicted molar refractivity (Wildman–Crippen MR) is 85.5 cm³/mol. The fourth-order valence-corrected chi connectivity index (χ4v) is 2.25. The van der Waals surface area contributed by atoms with Gasteiger partial charge in [0.15, 0.2) is 0 Å². The van der Waals surface area contributed by atoms with E-state index in [9.17, 15) is 0 Å². The van der Waals surface area contributed by atoms with Gasteiger partial charge in [-0.1, -0.05) is 24.3 Å². The molecule has 0 saturated heterocycles. The molecule has 0 aromatic heterocycles. The van der Waals surface area contributed by atoms with Crippen LogP contribution in [0, 0.1) is 19.3 Å². The van der Waals surface area contributed by atoms with E-state index in [-0.39, 0.29) is 5.84 Å². The number of hydrogen-bond acceptors (Lipinski definition) is 2. The molecule has 104 valence electrons. The summed E-state index contributed by atoms with van der Waals surface area (Å²) in [6.45, 7) is 5.00. The zero-order chi connectivity index (χ0) is 14.7. The van der Waals surface area contributed by atoms with Crippen LogP contribution in [0.15, 0.2) is 42.5 Å². The van der Waals surface area contributed by atoms with Crippen molar-refractivity contribution < 1.29 is 0 Å². The zero-order valence-corrected chi connectivity index (χ0v) is 12.3. The first-order valence-electron chi connectivity index (χ1n) is 6.69. The third-order valence-corrected chi connectivity index (χ3v) is 3.50. The Morgan fingerprint density at radius 1 is 1.15 bits per heavy atom. The Bertz CT molecular complexity index is 632. The molecule has 3 heteroatoms. The van der Waals surface area contributed by atoms with Crippen molar-refractivity contribution in [3.8, 4) is 0 Å². The molecule has 0 saturated carbocycles. The van der Waals surface area contributed by atoms with E-state index in [1.165, 1.54) is 16.8 Å². The number of nitrogens with zero attached hydrogens (tertiary/aromatic N) is 1. The van der Waals surface area contributed by atoms with Crippen LogP contribution in [-0.4, -0.2) is 12.9 Å². The molecule has 20 heavy (non-hydrogen) atoms. The van der Waals surface area contributed by atoms with Crippen molar-refractivity contribution in [1.29, 1.82) is 5.41 Å². The molecule has 3 nitrogen and oxygen atoms in total. The van der Waals surface area contributed by atoms with Crippen molar-refractivity contribution in [2.24, 2.45) is 5.73 Å². The minimum Gasteiger partial charge on any atom is -0.384 e. The minimum absolute atomic E-state index is 0.117. The highest BCUT2D eigenvalue weighted by atomic mass is 15.1. The Labute approximate surface area is 120 Å². The second-order valence-corrected chi connectivity index (χ2v) is 5.25. The van der Waals surface area contributed by atoms with Gasteiger partial charge in [0.25, 0.3) is 0 Å². The lowest BCUT2D eigenvalue weighted by Crippen LogP contribution is -2.18. The average molecular weight is 267 g/mol. The molecule has 0 amide bonds. The van der Waals surface area contributed by atoms with Crippen LogP contribution in [0.4, 0.5) is 5.69 Å². The van der Waals surface area contributed by atoms with Crippen LogP contribution in [0.2, 0.25) is 0 Å². The molecule has 0 aliphatic rings. The molecule has 2 rings (SSSR count). The second kappa shape index (κ2) is 5.78. The Morgan fingerprint density at radius 2 is 1.90 bits per heavy atom. The third-order valence-electron chi connectivity index (χ3n) is 3.50. The molecular weight excluding hydrogens is 246 g/mol. The molecule has 0 aliphatic heterocycles. The standard InChI is InChI=1S/C17H21N3/c1-12-5-4-6-16(9-12)20(3)11-15-8-7-14(17(18)19)10-13(15)2/h4-10H,11H2,1-3H3,(H3,18,19). The van der Waals surface area contributed by atoms with E-state index in [1.54, 1.807) is 0 Å². The van der Waals surface area contributed by atoms with E-state index in [0.717, 1.165) is 17.7 Å². The topological polar surface area (TPSA) is 53.1 Å². The van der Waals surface area contributed by atoms with Gasteiger partial charge in [0.1, 0.15) is 5.84 Å². The quantitative estimate of drug-likeness (QED) is 0.660. The van der Waals surface area contributed by atoms with Crippen molar-refractivity contribution in [2.75, 3.05) is 11.9 Å². The van der Waals surface area contributed by atoms with Crippen molar-refractivity contribution >= 4 is 11.5 Å². The number of hydrogen-bond donors (Lipinski definition) is 2.